The number of pyridine rings is 1. The van der Waals surface area contributed by atoms with Crippen LogP contribution in [0.4, 0.5) is 19.0 Å². The van der Waals surface area contributed by atoms with Crippen LogP contribution in [0.5, 0.6) is 5.75 Å². The second-order valence-corrected chi connectivity index (χ2v) is 11.5. The van der Waals surface area contributed by atoms with Crippen molar-refractivity contribution in [3.05, 3.63) is 83.0 Å². The SMILES string of the molecule is CCCn1ccc(C[NH-])cc1=O.O=C(O)[C@H]1CN(c2cnc3cncnc3n2)CCN1S(=O)(=O)c1ccc(OC(F)(F)F)cc1. The Hall–Kier alpha value is -4.68. The topological polar surface area (TPSA) is 185 Å². The number of carbonyl (C=O) groups is 1. The van der Waals surface area contributed by atoms with Crippen molar-refractivity contribution in [1.29, 1.82) is 0 Å². The monoisotopic (exact) mass is 649 g/mol. The maximum Gasteiger partial charge on any atom is 0.573 e. The fourth-order valence-electron chi connectivity index (χ4n) is 4.41. The van der Waals surface area contributed by atoms with Crippen molar-refractivity contribution in [2.45, 2.75) is 43.7 Å². The van der Waals surface area contributed by atoms with Crippen LogP contribution in [0.2, 0.25) is 0 Å². The average Bonchev–Trinajstić information content (AvgIpc) is 3.01. The average molecular weight is 650 g/mol. The number of anilines is 1. The largest absolute Gasteiger partial charge is 0.674 e. The standard InChI is InChI=1S/C18H15F3N6O5S.C9H13N2O/c19-18(20,21)32-11-1-3-12(4-2-11)33(30,31)27-6-5-26(9-14(27)17(28)29)15-8-23-13-7-22-10-24-16(13)25-15;1-2-4-11-5-3-8(7-10)6-9(11)12/h1-4,7-8,10,14H,5-6,9H2,(H,28,29);3,5-6,10H,2,4,7H2,1H3/q;-1/t14-;/m1./s1. The number of carboxylic acid groups (broad SMARTS) is 1. The molecule has 14 nitrogen and oxygen atoms in total. The van der Waals surface area contributed by atoms with E-state index in [1.165, 1.54) is 24.8 Å². The summed E-state index contributed by atoms with van der Waals surface area (Å²) in [4.78, 5) is 40.7. The van der Waals surface area contributed by atoms with Gasteiger partial charge in [0.2, 0.25) is 10.0 Å². The maximum absolute atomic E-state index is 13.1. The van der Waals surface area contributed by atoms with Gasteiger partial charge in [-0.05, 0) is 36.8 Å². The van der Waals surface area contributed by atoms with Crippen molar-refractivity contribution in [2.75, 3.05) is 24.5 Å². The number of piperazine rings is 1. The molecule has 1 aliphatic heterocycles. The third kappa shape index (κ3) is 8.28. The van der Waals surface area contributed by atoms with Crippen LogP contribution in [0.3, 0.4) is 0 Å². The number of nitrogens with zero attached hydrogens (tertiary/aromatic N) is 7. The first-order valence-corrected chi connectivity index (χ1v) is 14.9. The number of aromatic nitrogens is 5. The third-order valence-corrected chi connectivity index (χ3v) is 8.47. The summed E-state index contributed by atoms with van der Waals surface area (Å²) >= 11 is 0. The van der Waals surface area contributed by atoms with Crippen molar-refractivity contribution < 1.29 is 36.2 Å². The van der Waals surface area contributed by atoms with E-state index in [9.17, 15) is 36.3 Å². The number of alkyl halides is 3. The minimum atomic E-state index is -4.93. The predicted molar refractivity (Wildman–Crippen MR) is 155 cm³/mol. The van der Waals surface area contributed by atoms with E-state index in [1.807, 2.05) is 13.0 Å². The summed E-state index contributed by atoms with van der Waals surface area (Å²) in [7, 11) is -4.32. The number of aryl methyl sites for hydroxylation is 1. The first kappa shape index (κ1) is 33.2. The highest BCUT2D eigenvalue weighted by Crippen LogP contribution is 2.28. The van der Waals surface area contributed by atoms with Gasteiger partial charge in [0.1, 0.15) is 29.5 Å². The maximum atomic E-state index is 13.1. The van der Waals surface area contributed by atoms with Gasteiger partial charge in [-0.3, -0.25) is 9.59 Å². The number of rotatable bonds is 8. The minimum absolute atomic E-state index is 0.00148. The molecular weight excluding hydrogens is 621 g/mol. The summed E-state index contributed by atoms with van der Waals surface area (Å²) in [5, 5.41) is 9.69. The van der Waals surface area contributed by atoms with Crippen molar-refractivity contribution in [3.63, 3.8) is 0 Å². The molecule has 1 atom stereocenters. The molecule has 45 heavy (non-hydrogen) atoms. The lowest BCUT2D eigenvalue weighted by molar-refractivity contribution is -0.274. The molecule has 1 fully saturated rings. The molecule has 4 aromatic rings. The molecule has 0 radical (unpaired) electrons. The summed E-state index contributed by atoms with van der Waals surface area (Å²) in [6, 6.07) is 5.43. The molecular formula is C27H28F3N8O6S-. The second kappa shape index (κ2) is 14.0. The first-order chi connectivity index (χ1) is 21.3. The Kier molecular flexibility index (Phi) is 10.3. The zero-order valence-corrected chi connectivity index (χ0v) is 24.6. The third-order valence-electron chi connectivity index (χ3n) is 6.55. The number of aliphatic carboxylic acids is 1. The zero-order valence-electron chi connectivity index (χ0n) is 23.8. The molecule has 18 heteroatoms. The molecule has 0 unspecified atom stereocenters. The molecule has 0 bridgehead atoms. The lowest BCUT2D eigenvalue weighted by Crippen LogP contribution is -2.58. The van der Waals surface area contributed by atoms with Gasteiger partial charge in [0.05, 0.1) is 17.3 Å². The number of benzene rings is 1. The highest BCUT2D eigenvalue weighted by molar-refractivity contribution is 7.89. The number of hydrogen-bond donors (Lipinski definition) is 1. The fourth-order valence-corrected chi connectivity index (χ4v) is 5.97. The molecule has 240 valence electrons. The molecule has 0 aliphatic carbocycles. The van der Waals surface area contributed by atoms with Gasteiger partial charge in [-0.15, -0.1) is 19.7 Å². The molecule has 4 heterocycles. The van der Waals surface area contributed by atoms with E-state index in [2.05, 4.69) is 24.7 Å². The number of ether oxygens (including phenoxy) is 1. The number of sulfonamides is 1. The van der Waals surface area contributed by atoms with Crippen LogP contribution >= 0.6 is 0 Å². The van der Waals surface area contributed by atoms with E-state index < -0.39 is 34.1 Å². The van der Waals surface area contributed by atoms with Gasteiger partial charge in [-0.1, -0.05) is 12.5 Å². The smallest absolute Gasteiger partial charge is 0.573 e. The van der Waals surface area contributed by atoms with Crippen LogP contribution in [0.25, 0.3) is 16.9 Å². The lowest BCUT2D eigenvalue weighted by atomic mass is 10.2. The van der Waals surface area contributed by atoms with Gasteiger partial charge < -0.3 is 25.0 Å². The van der Waals surface area contributed by atoms with E-state index in [0.717, 1.165) is 47.1 Å². The molecule has 2 N–H and O–H groups in total. The summed E-state index contributed by atoms with van der Waals surface area (Å²) in [5.41, 5.74) is 8.59. The molecule has 1 saturated heterocycles. The van der Waals surface area contributed by atoms with Crippen LogP contribution in [-0.4, -0.2) is 80.3 Å². The van der Waals surface area contributed by atoms with Gasteiger partial charge in [0, 0.05) is 38.4 Å². The molecule has 3 aromatic heterocycles. The van der Waals surface area contributed by atoms with Crippen LogP contribution in [0, 0.1) is 0 Å². The summed E-state index contributed by atoms with van der Waals surface area (Å²) in [6.45, 7) is 2.65. The van der Waals surface area contributed by atoms with Gasteiger partial charge in [-0.25, -0.2) is 28.4 Å². The molecule has 5 rings (SSSR count). The van der Waals surface area contributed by atoms with Crippen LogP contribution in [-0.2, 0) is 27.9 Å². The van der Waals surface area contributed by atoms with E-state index in [0.29, 0.717) is 17.0 Å². The van der Waals surface area contributed by atoms with E-state index in [-0.39, 0.29) is 36.6 Å². The zero-order chi connectivity index (χ0) is 32.8. The van der Waals surface area contributed by atoms with E-state index in [1.54, 1.807) is 15.7 Å². The van der Waals surface area contributed by atoms with Gasteiger partial charge in [0.25, 0.3) is 5.56 Å². The Bertz CT molecular complexity index is 1810. The normalized spacial score (nSPS) is 15.8. The van der Waals surface area contributed by atoms with Crippen LogP contribution in [0.1, 0.15) is 18.9 Å². The quantitative estimate of drug-likeness (QED) is 0.296. The summed E-state index contributed by atoms with van der Waals surface area (Å²) in [5.74, 6) is -1.67. The Morgan fingerprint density at radius 1 is 1.13 bits per heavy atom. The van der Waals surface area contributed by atoms with Crippen molar-refractivity contribution >= 4 is 33.0 Å². The molecule has 1 aromatic carbocycles. The van der Waals surface area contributed by atoms with Crippen molar-refractivity contribution in [1.82, 2.24) is 28.8 Å². The van der Waals surface area contributed by atoms with E-state index >= 15 is 0 Å². The van der Waals surface area contributed by atoms with Crippen molar-refractivity contribution in [3.8, 4) is 5.75 Å². The van der Waals surface area contributed by atoms with Gasteiger partial charge >= 0.3 is 12.3 Å². The highest BCUT2D eigenvalue weighted by Gasteiger charge is 2.41. The summed E-state index contributed by atoms with van der Waals surface area (Å²) < 4.78 is 69.3. The molecule has 0 spiro atoms. The number of hydrogen-bond acceptors (Lipinski definition) is 10. The fraction of sp³-hybridized carbons (Fsp3) is 0.333. The van der Waals surface area contributed by atoms with Crippen LogP contribution in [0.15, 0.2) is 71.0 Å². The Balaban J connectivity index is 0.000000323. The number of carboxylic acids is 1. The van der Waals surface area contributed by atoms with E-state index in [4.69, 9.17) is 5.73 Å². The van der Waals surface area contributed by atoms with Gasteiger partial charge in [0.15, 0.2) is 5.65 Å². The predicted octanol–water partition coefficient (Wildman–Crippen LogP) is 3.09. The Morgan fingerprint density at radius 3 is 2.49 bits per heavy atom. The molecule has 0 amide bonds. The highest BCUT2D eigenvalue weighted by atomic mass is 32.2. The second-order valence-electron chi connectivity index (χ2n) is 9.64. The summed E-state index contributed by atoms with van der Waals surface area (Å²) in [6.07, 6.45) is 1.96. The number of fused-ring (bicyclic) bond motifs is 1. The minimum Gasteiger partial charge on any atom is -0.674 e. The Labute approximate surface area is 255 Å². The molecule has 1 aliphatic rings. The first-order valence-electron chi connectivity index (χ1n) is 13.4. The lowest BCUT2D eigenvalue weighted by Gasteiger charge is -2.38. The number of halogens is 3. The molecule has 0 saturated carbocycles. The Morgan fingerprint density at radius 2 is 1.87 bits per heavy atom. The van der Waals surface area contributed by atoms with Crippen molar-refractivity contribution in [2.24, 2.45) is 0 Å². The van der Waals surface area contributed by atoms with Gasteiger partial charge in [-0.2, -0.15) is 4.31 Å². The number of nitrogens with one attached hydrogen (secondary N) is 1. The van der Waals surface area contributed by atoms with Crippen LogP contribution < -0.4 is 15.2 Å².